The van der Waals surface area contributed by atoms with E-state index >= 15 is 0 Å². The van der Waals surface area contributed by atoms with Crippen LogP contribution in [0.15, 0.2) is 42.7 Å². The van der Waals surface area contributed by atoms with Crippen molar-refractivity contribution in [1.82, 2.24) is 20.0 Å². The first kappa shape index (κ1) is 22.0. The Morgan fingerprint density at radius 2 is 1.87 bits per heavy atom. The van der Waals surface area contributed by atoms with Gasteiger partial charge in [0.15, 0.2) is 0 Å². The third kappa shape index (κ3) is 4.41. The van der Waals surface area contributed by atoms with E-state index in [0.29, 0.717) is 18.8 Å². The van der Waals surface area contributed by atoms with Gasteiger partial charge in [-0.05, 0) is 44.1 Å². The van der Waals surface area contributed by atoms with E-state index in [4.69, 9.17) is 4.74 Å². The number of carbonyl (C=O) groups is 1. The highest BCUT2D eigenvalue weighted by molar-refractivity contribution is 5.85. The van der Waals surface area contributed by atoms with Crippen LogP contribution in [0.4, 0.5) is 5.69 Å². The predicted molar refractivity (Wildman–Crippen MR) is 113 cm³/mol. The fourth-order valence-corrected chi connectivity index (χ4v) is 4.21. The molecule has 30 heavy (non-hydrogen) atoms. The van der Waals surface area contributed by atoms with E-state index < -0.39 is 10.5 Å². The molecule has 3 heterocycles. The average molecular weight is 436 g/mol. The molecule has 2 aliphatic heterocycles. The van der Waals surface area contributed by atoms with Crippen LogP contribution in [0.25, 0.3) is 0 Å². The quantitative estimate of drug-likeness (QED) is 0.571. The number of non-ortho nitro benzene ring substituents is 1. The van der Waals surface area contributed by atoms with Crippen LogP contribution < -0.4 is 10.1 Å². The molecule has 1 N–H and O–H groups in total. The topological polar surface area (TPSA) is 103 Å². The van der Waals surface area contributed by atoms with Gasteiger partial charge < -0.3 is 15.0 Å². The minimum atomic E-state index is -0.610. The molecule has 0 spiro atoms. The van der Waals surface area contributed by atoms with Crippen molar-refractivity contribution < 1.29 is 14.5 Å². The summed E-state index contributed by atoms with van der Waals surface area (Å²) in [7, 11) is 0. The van der Waals surface area contributed by atoms with Crippen molar-refractivity contribution in [1.29, 1.82) is 0 Å². The Morgan fingerprint density at radius 3 is 2.43 bits per heavy atom. The summed E-state index contributed by atoms with van der Waals surface area (Å²) in [5.74, 6) is 0.753. The zero-order valence-corrected chi connectivity index (χ0v) is 17.4. The lowest BCUT2D eigenvalue weighted by Crippen LogP contribution is -2.57. The highest BCUT2D eigenvalue weighted by Crippen LogP contribution is 2.31. The summed E-state index contributed by atoms with van der Waals surface area (Å²) >= 11 is 0. The molecule has 2 fully saturated rings. The lowest BCUT2D eigenvalue weighted by molar-refractivity contribution is -0.384. The second-order valence-electron chi connectivity index (χ2n) is 7.59. The predicted octanol–water partition coefficient (Wildman–Crippen LogP) is 2.36. The Bertz CT molecular complexity index is 845. The number of nitro groups is 1. The van der Waals surface area contributed by atoms with Gasteiger partial charge in [0.05, 0.1) is 4.92 Å². The van der Waals surface area contributed by atoms with Crippen molar-refractivity contribution in [3.63, 3.8) is 0 Å². The number of rotatable bonds is 5. The van der Waals surface area contributed by atoms with Crippen molar-refractivity contribution in [3.8, 4) is 5.75 Å². The smallest absolute Gasteiger partial charge is 0.269 e. The number of nitro benzene ring substituents is 1. The molecule has 162 valence electrons. The first-order chi connectivity index (χ1) is 14.1. The molecule has 4 rings (SSSR count). The van der Waals surface area contributed by atoms with E-state index in [1.54, 1.807) is 18.3 Å². The van der Waals surface area contributed by atoms with Crippen LogP contribution in [0.5, 0.6) is 5.75 Å². The molecule has 0 saturated carbocycles. The second-order valence-corrected chi connectivity index (χ2v) is 7.59. The minimum Gasteiger partial charge on any atom is -0.490 e. The van der Waals surface area contributed by atoms with Gasteiger partial charge in [-0.3, -0.25) is 19.6 Å². The molecule has 1 aromatic carbocycles. The monoisotopic (exact) mass is 435 g/mol. The van der Waals surface area contributed by atoms with Crippen LogP contribution in [0.1, 0.15) is 25.7 Å². The standard InChI is InChI=1S/C20H25N5O4.ClH/c26-19(20(8-11-21-12-9-20)24-13-1-10-22-24)23-14-6-18(7-15-23)29-17-4-2-16(3-5-17)25(27)28;/h1-5,10,13,18,21H,6-9,11-12,14-15H2;1H. The summed E-state index contributed by atoms with van der Waals surface area (Å²) in [5.41, 5.74) is -0.565. The molecule has 1 amide bonds. The molecule has 2 aliphatic rings. The Morgan fingerprint density at radius 1 is 1.20 bits per heavy atom. The molecule has 10 heteroatoms. The molecular formula is C20H26ClN5O4. The van der Waals surface area contributed by atoms with E-state index in [1.165, 1.54) is 12.1 Å². The highest BCUT2D eigenvalue weighted by atomic mass is 35.5. The first-order valence-electron chi connectivity index (χ1n) is 10.00. The molecule has 9 nitrogen and oxygen atoms in total. The van der Waals surface area contributed by atoms with Crippen LogP contribution in [-0.2, 0) is 10.3 Å². The molecule has 2 aromatic rings. The van der Waals surface area contributed by atoms with Crippen molar-refractivity contribution in [2.45, 2.75) is 37.3 Å². The molecule has 0 unspecified atom stereocenters. The second kappa shape index (κ2) is 9.44. The maximum atomic E-state index is 13.5. The van der Waals surface area contributed by atoms with Crippen molar-refractivity contribution in [2.24, 2.45) is 0 Å². The molecule has 1 aromatic heterocycles. The molecule has 0 radical (unpaired) electrons. The van der Waals surface area contributed by atoms with E-state index in [-0.39, 0.29) is 30.1 Å². The van der Waals surface area contributed by atoms with E-state index in [9.17, 15) is 14.9 Å². The number of benzene rings is 1. The molecule has 0 atom stereocenters. The number of hydrogen-bond acceptors (Lipinski definition) is 6. The number of nitrogens with zero attached hydrogens (tertiary/aromatic N) is 4. The summed E-state index contributed by atoms with van der Waals surface area (Å²) in [6.07, 6.45) is 6.52. The maximum absolute atomic E-state index is 13.5. The van der Waals surface area contributed by atoms with Gasteiger partial charge >= 0.3 is 0 Å². The van der Waals surface area contributed by atoms with Gasteiger partial charge in [-0.15, -0.1) is 12.4 Å². The van der Waals surface area contributed by atoms with Crippen LogP contribution in [0.3, 0.4) is 0 Å². The van der Waals surface area contributed by atoms with Gasteiger partial charge in [-0.1, -0.05) is 0 Å². The van der Waals surface area contributed by atoms with Gasteiger partial charge in [-0.2, -0.15) is 5.10 Å². The fourth-order valence-electron chi connectivity index (χ4n) is 4.21. The number of halogens is 1. The van der Waals surface area contributed by atoms with Crippen molar-refractivity contribution in [2.75, 3.05) is 26.2 Å². The zero-order valence-electron chi connectivity index (χ0n) is 16.6. The number of hydrogen-bond donors (Lipinski definition) is 1. The van der Waals surface area contributed by atoms with Crippen LogP contribution in [-0.4, -0.2) is 57.8 Å². The van der Waals surface area contributed by atoms with Crippen LogP contribution in [0.2, 0.25) is 0 Å². The SMILES string of the molecule is Cl.O=C(N1CCC(Oc2ccc([N+](=O)[O-])cc2)CC1)C1(n2cccn2)CCNCC1. The van der Waals surface area contributed by atoms with Gasteiger partial charge in [0.25, 0.3) is 11.6 Å². The minimum absolute atomic E-state index is 0. The summed E-state index contributed by atoms with van der Waals surface area (Å²) < 4.78 is 7.80. The Labute approximate surface area is 180 Å². The van der Waals surface area contributed by atoms with E-state index in [2.05, 4.69) is 10.4 Å². The number of nitrogens with one attached hydrogen (secondary N) is 1. The highest BCUT2D eigenvalue weighted by Gasteiger charge is 2.45. The van der Waals surface area contributed by atoms with Gasteiger partial charge in [-0.25, -0.2) is 0 Å². The normalized spacial score (nSPS) is 19.0. The average Bonchev–Trinajstić information content (AvgIpc) is 3.30. The van der Waals surface area contributed by atoms with E-state index in [1.807, 2.05) is 21.8 Å². The van der Waals surface area contributed by atoms with Crippen LogP contribution in [0, 0.1) is 10.1 Å². The van der Waals surface area contributed by atoms with Crippen molar-refractivity contribution in [3.05, 3.63) is 52.8 Å². The van der Waals surface area contributed by atoms with Crippen LogP contribution >= 0.6 is 12.4 Å². The zero-order chi connectivity index (χ0) is 20.3. The van der Waals surface area contributed by atoms with E-state index in [0.717, 1.165) is 38.8 Å². The largest absolute Gasteiger partial charge is 0.490 e. The number of ether oxygens (including phenoxy) is 1. The Hall–Kier alpha value is -2.65. The Kier molecular flexibility index (Phi) is 6.94. The third-order valence-electron chi connectivity index (χ3n) is 5.85. The molecule has 2 saturated heterocycles. The number of piperidine rings is 2. The maximum Gasteiger partial charge on any atom is 0.269 e. The number of amides is 1. The summed E-state index contributed by atoms with van der Waals surface area (Å²) in [6.45, 7) is 2.86. The molecule has 0 aliphatic carbocycles. The van der Waals surface area contributed by atoms with Gasteiger partial charge in [0.2, 0.25) is 0 Å². The number of aromatic nitrogens is 2. The van der Waals surface area contributed by atoms with Gasteiger partial charge in [0.1, 0.15) is 17.4 Å². The molecular weight excluding hydrogens is 410 g/mol. The first-order valence-corrected chi connectivity index (χ1v) is 10.00. The summed E-state index contributed by atoms with van der Waals surface area (Å²) in [5, 5.41) is 18.5. The summed E-state index contributed by atoms with van der Waals surface area (Å²) in [4.78, 5) is 25.7. The molecule has 0 bridgehead atoms. The lowest BCUT2D eigenvalue weighted by Gasteiger charge is -2.42. The Balaban J connectivity index is 0.00000256. The number of likely N-dealkylation sites (tertiary alicyclic amines) is 1. The fraction of sp³-hybridized carbons (Fsp3) is 0.500. The van der Waals surface area contributed by atoms with Crippen molar-refractivity contribution >= 4 is 24.0 Å². The third-order valence-corrected chi connectivity index (χ3v) is 5.85. The number of carbonyl (C=O) groups excluding carboxylic acids is 1. The lowest BCUT2D eigenvalue weighted by atomic mass is 9.86. The van der Waals surface area contributed by atoms with Gasteiger partial charge in [0, 0.05) is 50.5 Å². The summed E-state index contributed by atoms with van der Waals surface area (Å²) in [6, 6.07) is 7.99.